The van der Waals surface area contributed by atoms with E-state index < -0.39 is 0 Å². The smallest absolute Gasteiger partial charge is 0.0619 e. The molecule has 0 aromatic rings. The fourth-order valence-corrected chi connectivity index (χ4v) is 2.27. The number of ether oxygens (including phenoxy) is 1. The largest absolute Gasteiger partial charge is 0.379 e. The number of nitrogens with zero attached hydrogens (tertiary/aromatic N) is 2. The topological polar surface area (TPSA) is 41.7 Å². The zero-order valence-electron chi connectivity index (χ0n) is 11.5. The van der Waals surface area contributed by atoms with E-state index in [0.717, 1.165) is 32.8 Å². The molecule has 0 aromatic carbocycles. The number of likely N-dealkylation sites (N-methyl/N-ethyl adjacent to an activating group) is 1. The number of hydrogen-bond acceptors (Lipinski definition) is 4. The van der Waals surface area contributed by atoms with Crippen LogP contribution in [0.1, 0.15) is 26.2 Å². The standard InChI is InChI=1S/C13H29N3O/c1-13(16-7-4-3-5-8-16)12-17-11-10-15(2)9-6-14/h13H,3-12,14H2,1-2H3. The maximum Gasteiger partial charge on any atom is 0.0619 e. The Balaban J connectivity index is 2.01. The first-order chi connectivity index (χ1) is 8.24. The van der Waals surface area contributed by atoms with Crippen LogP contribution in [0.15, 0.2) is 0 Å². The second kappa shape index (κ2) is 8.86. The van der Waals surface area contributed by atoms with Gasteiger partial charge in [0.25, 0.3) is 0 Å². The lowest BCUT2D eigenvalue weighted by atomic mass is 10.1. The highest BCUT2D eigenvalue weighted by Gasteiger charge is 2.16. The van der Waals surface area contributed by atoms with Crippen LogP contribution in [0.5, 0.6) is 0 Å². The third-order valence-corrected chi connectivity index (χ3v) is 3.50. The average Bonchev–Trinajstić information content (AvgIpc) is 2.36. The lowest BCUT2D eigenvalue weighted by Gasteiger charge is -2.32. The summed E-state index contributed by atoms with van der Waals surface area (Å²) in [6.45, 7) is 9.09. The summed E-state index contributed by atoms with van der Waals surface area (Å²) < 4.78 is 5.74. The van der Waals surface area contributed by atoms with Gasteiger partial charge in [-0.2, -0.15) is 0 Å². The minimum atomic E-state index is 0.565. The highest BCUT2D eigenvalue weighted by atomic mass is 16.5. The Labute approximate surface area is 106 Å². The van der Waals surface area contributed by atoms with Crippen molar-refractivity contribution in [3.05, 3.63) is 0 Å². The minimum absolute atomic E-state index is 0.565. The van der Waals surface area contributed by atoms with Gasteiger partial charge >= 0.3 is 0 Å². The zero-order chi connectivity index (χ0) is 12.5. The maximum atomic E-state index is 5.74. The molecule has 0 spiro atoms. The fourth-order valence-electron chi connectivity index (χ4n) is 2.27. The van der Waals surface area contributed by atoms with Crippen LogP contribution in [0.4, 0.5) is 0 Å². The Hall–Kier alpha value is -0.160. The summed E-state index contributed by atoms with van der Waals surface area (Å²) >= 11 is 0. The predicted octanol–water partition coefficient (Wildman–Crippen LogP) is 0.768. The average molecular weight is 243 g/mol. The molecule has 1 fully saturated rings. The van der Waals surface area contributed by atoms with Crippen molar-refractivity contribution in [3.8, 4) is 0 Å². The minimum Gasteiger partial charge on any atom is -0.379 e. The summed E-state index contributed by atoms with van der Waals surface area (Å²) in [7, 11) is 2.09. The molecule has 0 bridgehead atoms. The lowest BCUT2D eigenvalue weighted by molar-refractivity contribution is 0.0494. The quantitative estimate of drug-likeness (QED) is 0.639. The molecule has 17 heavy (non-hydrogen) atoms. The molecule has 0 aromatic heterocycles. The Morgan fingerprint density at radius 2 is 1.94 bits per heavy atom. The highest BCUT2D eigenvalue weighted by Crippen LogP contribution is 2.11. The van der Waals surface area contributed by atoms with Gasteiger partial charge < -0.3 is 15.4 Å². The normalized spacial score (nSPS) is 19.8. The van der Waals surface area contributed by atoms with Gasteiger partial charge in [0, 0.05) is 25.7 Å². The van der Waals surface area contributed by atoms with Gasteiger partial charge in [0.05, 0.1) is 13.2 Å². The molecule has 0 radical (unpaired) electrons. The van der Waals surface area contributed by atoms with Gasteiger partial charge in [-0.3, -0.25) is 4.90 Å². The Morgan fingerprint density at radius 3 is 2.59 bits per heavy atom. The van der Waals surface area contributed by atoms with Crippen molar-refractivity contribution in [1.82, 2.24) is 9.80 Å². The lowest BCUT2D eigenvalue weighted by Crippen LogP contribution is -2.40. The zero-order valence-corrected chi connectivity index (χ0v) is 11.5. The molecule has 1 atom stereocenters. The Bertz CT molecular complexity index is 184. The van der Waals surface area contributed by atoms with Crippen LogP contribution >= 0.6 is 0 Å². The van der Waals surface area contributed by atoms with Gasteiger partial charge in [-0.1, -0.05) is 6.42 Å². The molecule has 102 valence electrons. The van der Waals surface area contributed by atoms with Gasteiger partial charge in [-0.15, -0.1) is 0 Å². The van der Waals surface area contributed by atoms with Crippen molar-refractivity contribution in [2.75, 3.05) is 53.0 Å². The van der Waals surface area contributed by atoms with Gasteiger partial charge in [0.1, 0.15) is 0 Å². The predicted molar refractivity (Wildman–Crippen MR) is 72.3 cm³/mol. The number of likely N-dealkylation sites (tertiary alicyclic amines) is 1. The SMILES string of the molecule is CC(COCCN(C)CCN)N1CCCCC1. The summed E-state index contributed by atoms with van der Waals surface area (Å²) in [4.78, 5) is 4.76. The maximum absolute atomic E-state index is 5.74. The van der Waals surface area contributed by atoms with E-state index in [-0.39, 0.29) is 0 Å². The first kappa shape index (κ1) is 14.9. The van der Waals surface area contributed by atoms with Crippen LogP contribution in [0.25, 0.3) is 0 Å². The first-order valence-corrected chi connectivity index (χ1v) is 6.94. The summed E-state index contributed by atoms with van der Waals surface area (Å²) in [5.74, 6) is 0. The second-order valence-corrected chi connectivity index (χ2v) is 5.11. The summed E-state index contributed by atoms with van der Waals surface area (Å²) in [6.07, 6.45) is 4.10. The second-order valence-electron chi connectivity index (χ2n) is 5.11. The van der Waals surface area contributed by atoms with Crippen molar-refractivity contribution in [2.24, 2.45) is 5.73 Å². The number of piperidine rings is 1. The van der Waals surface area contributed by atoms with E-state index in [1.165, 1.54) is 32.4 Å². The van der Waals surface area contributed by atoms with Gasteiger partial charge in [-0.05, 0) is 39.9 Å². The van der Waals surface area contributed by atoms with E-state index in [2.05, 4.69) is 23.8 Å². The van der Waals surface area contributed by atoms with Crippen LogP contribution in [-0.2, 0) is 4.74 Å². The van der Waals surface area contributed by atoms with E-state index in [0.29, 0.717) is 6.04 Å². The number of nitrogens with two attached hydrogens (primary N) is 1. The van der Waals surface area contributed by atoms with Crippen molar-refractivity contribution >= 4 is 0 Å². The molecule has 4 heteroatoms. The van der Waals surface area contributed by atoms with Gasteiger partial charge in [0.2, 0.25) is 0 Å². The molecule has 1 heterocycles. The van der Waals surface area contributed by atoms with Crippen LogP contribution in [-0.4, -0.2) is 68.8 Å². The molecular weight excluding hydrogens is 214 g/mol. The van der Waals surface area contributed by atoms with Gasteiger partial charge in [-0.25, -0.2) is 0 Å². The molecule has 4 nitrogen and oxygen atoms in total. The van der Waals surface area contributed by atoms with Crippen molar-refractivity contribution in [2.45, 2.75) is 32.2 Å². The Kier molecular flexibility index (Phi) is 7.77. The molecule has 1 saturated heterocycles. The number of rotatable bonds is 8. The van der Waals surface area contributed by atoms with Crippen LogP contribution in [0.3, 0.4) is 0 Å². The van der Waals surface area contributed by atoms with Crippen LogP contribution < -0.4 is 5.73 Å². The molecule has 0 saturated carbocycles. The third-order valence-electron chi connectivity index (χ3n) is 3.50. The summed E-state index contributed by atoms with van der Waals surface area (Å²) in [6, 6.07) is 0.565. The molecule has 1 aliphatic rings. The van der Waals surface area contributed by atoms with Crippen molar-refractivity contribution in [3.63, 3.8) is 0 Å². The van der Waals surface area contributed by atoms with Crippen molar-refractivity contribution in [1.29, 1.82) is 0 Å². The summed E-state index contributed by atoms with van der Waals surface area (Å²) in [5, 5.41) is 0. The molecule has 0 amide bonds. The van der Waals surface area contributed by atoms with Crippen LogP contribution in [0, 0.1) is 0 Å². The third kappa shape index (κ3) is 6.36. The van der Waals surface area contributed by atoms with E-state index in [1.807, 2.05) is 0 Å². The van der Waals surface area contributed by atoms with Gasteiger partial charge in [0.15, 0.2) is 0 Å². The first-order valence-electron chi connectivity index (χ1n) is 6.94. The highest BCUT2D eigenvalue weighted by molar-refractivity contribution is 4.70. The number of hydrogen-bond donors (Lipinski definition) is 1. The molecule has 1 unspecified atom stereocenters. The van der Waals surface area contributed by atoms with E-state index >= 15 is 0 Å². The van der Waals surface area contributed by atoms with E-state index in [9.17, 15) is 0 Å². The fraction of sp³-hybridized carbons (Fsp3) is 1.00. The Morgan fingerprint density at radius 1 is 1.24 bits per heavy atom. The molecule has 2 N–H and O–H groups in total. The summed E-state index contributed by atoms with van der Waals surface area (Å²) in [5.41, 5.74) is 5.49. The molecular formula is C13H29N3O. The van der Waals surface area contributed by atoms with Crippen LogP contribution in [0.2, 0.25) is 0 Å². The monoisotopic (exact) mass is 243 g/mol. The molecule has 0 aliphatic carbocycles. The van der Waals surface area contributed by atoms with E-state index in [1.54, 1.807) is 0 Å². The molecule has 1 rings (SSSR count). The molecule has 1 aliphatic heterocycles. The van der Waals surface area contributed by atoms with E-state index in [4.69, 9.17) is 10.5 Å². The van der Waals surface area contributed by atoms with Crippen molar-refractivity contribution < 1.29 is 4.74 Å².